The molecule has 1 heteroatoms. The number of fused-ring (bicyclic) bond motifs is 3. The van der Waals surface area contributed by atoms with Gasteiger partial charge in [-0.15, -0.1) is 6.58 Å². The van der Waals surface area contributed by atoms with Crippen LogP contribution in [0.25, 0.3) is 0 Å². The van der Waals surface area contributed by atoms with Crippen LogP contribution in [0, 0.1) is 17.3 Å². The van der Waals surface area contributed by atoms with E-state index in [1.54, 1.807) is 0 Å². The van der Waals surface area contributed by atoms with Gasteiger partial charge in [0.2, 0.25) is 0 Å². The molecule has 3 heterocycles. The predicted molar refractivity (Wildman–Crippen MR) is 65.8 cm³/mol. The smallest absolute Gasteiger partial charge is 0.0103 e. The normalized spacial score (nSPS) is 40.5. The maximum atomic E-state index is 3.98. The standard InChI is InChI=1S/C14H25N/c1-5-11-10-15-7-6-12(11)8-13(15)9-14(2,3)4/h5,11-13H,1,6-10H2,2-4H3/t11-,12-,13-/m0/s1. The van der Waals surface area contributed by atoms with E-state index in [4.69, 9.17) is 0 Å². The van der Waals surface area contributed by atoms with Crippen LogP contribution >= 0.6 is 0 Å². The molecule has 0 aliphatic carbocycles. The van der Waals surface area contributed by atoms with E-state index in [2.05, 4.69) is 38.3 Å². The molecule has 0 spiro atoms. The van der Waals surface area contributed by atoms with Gasteiger partial charge in [0.25, 0.3) is 0 Å². The highest BCUT2D eigenvalue weighted by Gasteiger charge is 2.39. The Bertz CT molecular complexity index is 238. The first-order valence-electron chi connectivity index (χ1n) is 6.36. The molecule has 0 aromatic carbocycles. The first-order valence-corrected chi connectivity index (χ1v) is 6.36. The molecule has 3 saturated heterocycles. The van der Waals surface area contributed by atoms with Crippen LogP contribution in [0.3, 0.4) is 0 Å². The van der Waals surface area contributed by atoms with Gasteiger partial charge in [-0.3, -0.25) is 4.90 Å². The molecule has 86 valence electrons. The van der Waals surface area contributed by atoms with Gasteiger partial charge >= 0.3 is 0 Å². The molecule has 2 bridgehead atoms. The van der Waals surface area contributed by atoms with Crippen LogP contribution in [0.1, 0.15) is 40.0 Å². The fourth-order valence-corrected chi connectivity index (χ4v) is 3.37. The Labute approximate surface area is 94.5 Å². The minimum Gasteiger partial charge on any atom is -0.300 e. The Kier molecular flexibility index (Phi) is 2.94. The number of hydrogen-bond donors (Lipinski definition) is 0. The van der Waals surface area contributed by atoms with Crippen molar-refractivity contribution < 1.29 is 0 Å². The van der Waals surface area contributed by atoms with Crippen LogP contribution in [0.15, 0.2) is 12.7 Å². The minimum atomic E-state index is 0.478. The summed E-state index contributed by atoms with van der Waals surface area (Å²) in [5, 5.41) is 0. The second kappa shape index (κ2) is 3.93. The van der Waals surface area contributed by atoms with Gasteiger partial charge in [0.05, 0.1) is 0 Å². The van der Waals surface area contributed by atoms with Crippen molar-refractivity contribution in [3.8, 4) is 0 Å². The van der Waals surface area contributed by atoms with Gasteiger partial charge in [0.15, 0.2) is 0 Å². The van der Waals surface area contributed by atoms with Gasteiger partial charge in [-0.2, -0.15) is 0 Å². The molecule has 3 fully saturated rings. The molecular formula is C14H25N. The molecular weight excluding hydrogens is 182 g/mol. The van der Waals surface area contributed by atoms with Crippen LogP contribution in [0.4, 0.5) is 0 Å². The highest BCUT2D eigenvalue weighted by Crippen LogP contribution is 2.40. The summed E-state index contributed by atoms with van der Waals surface area (Å²) in [5.41, 5.74) is 0.478. The molecule has 1 unspecified atom stereocenters. The molecule has 0 aromatic rings. The number of hydrogen-bond acceptors (Lipinski definition) is 1. The lowest BCUT2D eigenvalue weighted by Gasteiger charge is -2.50. The summed E-state index contributed by atoms with van der Waals surface area (Å²) in [4.78, 5) is 2.71. The highest BCUT2D eigenvalue weighted by atomic mass is 15.2. The lowest BCUT2D eigenvalue weighted by molar-refractivity contribution is 0.00174. The molecule has 0 aromatic heterocycles. The minimum absolute atomic E-state index is 0.478. The monoisotopic (exact) mass is 207 g/mol. The molecule has 0 N–H and O–H groups in total. The Morgan fingerprint density at radius 1 is 1.40 bits per heavy atom. The van der Waals surface area contributed by atoms with E-state index >= 15 is 0 Å². The Morgan fingerprint density at radius 3 is 2.60 bits per heavy atom. The van der Waals surface area contributed by atoms with E-state index in [0.29, 0.717) is 5.41 Å². The summed E-state index contributed by atoms with van der Waals surface area (Å²) in [6, 6.07) is 0.847. The van der Waals surface area contributed by atoms with Crippen molar-refractivity contribution in [2.24, 2.45) is 17.3 Å². The summed E-state index contributed by atoms with van der Waals surface area (Å²) >= 11 is 0. The average Bonchev–Trinajstić information content (AvgIpc) is 2.16. The predicted octanol–water partition coefficient (Wildman–Crippen LogP) is 3.32. The summed E-state index contributed by atoms with van der Waals surface area (Å²) in [6.07, 6.45) is 6.35. The van der Waals surface area contributed by atoms with Crippen molar-refractivity contribution in [1.29, 1.82) is 0 Å². The third-order valence-corrected chi connectivity index (χ3v) is 4.08. The van der Waals surface area contributed by atoms with Crippen molar-refractivity contribution in [3.63, 3.8) is 0 Å². The van der Waals surface area contributed by atoms with Gasteiger partial charge in [-0.05, 0) is 43.1 Å². The van der Waals surface area contributed by atoms with E-state index in [1.807, 2.05) is 0 Å². The quantitative estimate of drug-likeness (QED) is 0.628. The van der Waals surface area contributed by atoms with E-state index in [9.17, 15) is 0 Å². The summed E-state index contributed by atoms with van der Waals surface area (Å²) < 4.78 is 0. The molecule has 0 amide bonds. The third kappa shape index (κ3) is 2.44. The zero-order valence-corrected chi connectivity index (χ0v) is 10.5. The molecule has 0 radical (unpaired) electrons. The molecule has 1 nitrogen and oxygen atoms in total. The molecule has 4 atom stereocenters. The summed E-state index contributed by atoms with van der Waals surface area (Å²) in [6.45, 7) is 13.7. The second-order valence-electron chi connectivity index (χ2n) is 6.60. The van der Waals surface area contributed by atoms with E-state index in [1.165, 1.54) is 32.4 Å². The van der Waals surface area contributed by atoms with Crippen molar-refractivity contribution in [3.05, 3.63) is 12.7 Å². The third-order valence-electron chi connectivity index (χ3n) is 4.08. The largest absolute Gasteiger partial charge is 0.300 e. The van der Waals surface area contributed by atoms with Crippen LogP contribution < -0.4 is 0 Å². The van der Waals surface area contributed by atoms with Gasteiger partial charge in [0.1, 0.15) is 0 Å². The lowest BCUT2D eigenvalue weighted by Crippen LogP contribution is -2.53. The molecule has 0 saturated carbocycles. The van der Waals surface area contributed by atoms with E-state index in [-0.39, 0.29) is 0 Å². The van der Waals surface area contributed by atoms with Gasteiger partial charge in [-0.1, -0.05) is 26.8 Å². The first kappa shape index (κ1) is 11.2. The summed E-state index contributed by atoms with van der Waals surface area (Å²) in [5.74, 6) is 1.70. The fraction of sp³-hybridized carbons (Fsp3) is 0.857. The van der Waals surface area contributed by atoms with Gasteiger partial charge in [0, 0.05) is 12.6 Å². The SMILES string of the molecule is C=C[C@H]1CN2CC[C@H]1C[C@H]2CC(C)(C)C. The van der Waals surface area contributed by atoms with Gasteiger partial charge < -0.3 is 0 Å². The van der Waals surface area contributed by atoms with Crippen LogP contribution in [0.5, 0.6) is 0 Å². The average molecular weight is 207 g/mol. The van der Waals surface area contributed by atoms with Crippen LogP contribution in [0.2, 0.25) is 0 Å². The number of piperidine rings is 3. The maximum absolute atomic E-state index is 3.98. The van der Waals surface area contributed by atoms with Crippen molar-refractivity contribution in [2.75, 3.05) is 13.1 Å². The number of rotatable bonds is 2. The van der Waals surface area contributed by atoms with Crippen molar-refractivity contribution >= 4 is 0 Å². The summed E-state index contributed by atoms with van der Waals surface area (Å²) in [7, 11) is 0. The molecule has 3 aliphatic rings. The second-order valence-corrected chi connectivity index (χ2v) is 6.60. The number of nitrogens with zero attached hydrogens (tertiary/aromatic N) is 1. The van der Waals surface area contributed by atoms with Gasteiger partial charge in [-0.25, -0.2) is 0 Å². The lowest BCUT2D eigenvalue weighted by atomic mass is 9.72. The van der Waals surface area contributed by atoms with Crippen molar-refractivity contribution in [1.82, 2.24) is 4.90 Å². The highest BCUT2D eigenvalue weighted by molar-refractivity contribution is 4.99. The first-order chi connectivity index (χ1) is 6.99. The van der Waals surface area contributed by atoms with Crippen LogP contribution in [-0.2, 0) is 0 Å². The Morgan fingerprint density at radius 2 is 2.13 bits per heavy atom. The Hall–Kier alpha value is -0.300. The van der Waals surface area contributed by atoms with Crippen molar-refractivity contribution in [2.45, 2.75) is 46.1 Å². The molecule has 15 heavy (non-hydrogen) atoms. The maximum Gasteiger partial charge on any atom is 0.0103 e. The topological polar surface area (TPSA) is 3.24 Å². The van der Waals surface area contributed by atoms with E-state index in [0.717, 1.165) is 17.9 Å². The molecule has 3 rings (SSSR count). The Balaban J connectivity index is 1.99. The zero-order valence-electron chi connectivity index (χ0n) is 10.5. The van der Waals surface area contributed by atoms with Crippen LogP contribution in [-0.4, -0.2) is 24.0 Å². The molecule has 3 aliphatic heterocycles. The zero-order chi connectivity index (χ0) is 11.1. The fourth-order valence-electron chi connectivity index (χ4n) is 3.37. The van der Waals surface area contributed by atoms with E-state index < -0.39 is 0 Å².